The fourth-order valence-corrected chi connectivity index (χ4v) is 3.34. The molecule has 134 valence electrons. The van der Waals surface area contributed by atoms with Crippen molar-refractivity contribution in [2.45, 2.75) is 51.7 Å². The smallest absolute Gasteiger partial charge is 0.338 e. The van der Waals surface area contributed by atoms with Crippen LogP contribution in [0.4, 0.5) is 0 Å². The number of ether oxygens (including phenoxy) is 1. The highest BCUT2D eigenvalue weighted by Crippen LogP contribution is 2.18. The van der Waals surface area contributed by atoms with E-state index in [0.717, 1.165) is 0 Å². The van der Waals surface area contributed by atoms with Crippen LogP contribution in [0.1, 0.15) is 43.6 Å². The molecule has 1 rings (SSSR count). The van der Waals surface area contributed by atoms with E-state index in [0.29, 0.717) is 5.56 Å². The van der Waals surface area contributed by atoms with Crippen molar-refractivity contribution in [1.29, 1.82) is 0 Å². The summed E-state index contributed by atoms with van der Waals surface area (Å²) in [4.78, 5) is 23.1. The van der Waals surface area contributed by atoms with Crippen LogP contribution in [0.25, 0.3) is 0 Å². The summed E-state index contributed by atoms with van der Waals surface area (Å²) in [6.07, 6.45) is -0.340. The number of rotatable bonds is 7. The predicted octanol–water partition coefficient (Wildman–Crippen LogP) is 1.95. The predicted molar refractivity (Wildman–Crippen MR) is 88.3 cm³/mol. The molecule has 7 nitrogen and oxygen atoms in total. The maximum absolute atomic E-state index is 12.4. The third-order valence-electron chi connectivity index (χ3n) is 3.30. The molecule has 0 heterocycles. The lowest BCUT2D eigenvalue weighted by atomic mass is 10.1. The number of carboxylic acids is 1. The van der Waals surface area contributed by atoms with E-state index in [-0.39, 0.29) is 16.6 Å². The van der Waals surface area contributed by atoms with Crippen molar-refractivity contribution in [1.82, 2.24) is 4.72 Å². The maximum Gasteiger partial charge on any atom is 0.338 e. The zero-order valence-corrected chi connectivity index (χ0v) is 15.2. The van der Waals surface area contributed by atoms with Crippen LogP contribution in [-0.2, 0) is 19.6 Å². The number of aliphatic carboxylic acids is 1. The third kappa shape index (κ3) is 5.04. The molecule has 0 unspecified atom stereocenters. The highest BCUT2D eigenvalue weighted by molar-refractivity contribution is 7.89. The van der Waals surface area contributed by atoms with E-state index in [9.17, 15) is 18.0 Å². The van der Waals surface area contributed by atoms with Gasteiger partial charge in [0.2, 0.25) is 10.0 Å². The molecule has 8 heteroatoms. The lowest BCUT2D eigenvalue weighted by molar-refractivity contribution is -0.140. The minimum atomic E-state index is -4.09. The van der Waals surface area contributed by atoms with Crippen molar-refractivity contribution in [2.24, 2.45) is 5.92 Å². The van der Waals surface area contributed by atoms with E-state index in [2.05, 4.69) is 4.72 Å². The van der Waals surface area contributed by atoms with Gasteiger partial charge in [-0.3, -0.25) is 4.79 Å². The highest BCUT2D eigenvalue weighted by atomic mass is 32.2. The number of carbonyl (C=O) groups is 2. The Morgan fingerprint density at radius 3 is 2.21 bits per heavy atom. The molecule has 0 spiro atoms. The third-order valence-corrected chi connectivity index (χ3v) is 4.74. The number of aryl methyl sites for hydroxylation is 1. The SMILES string of the molecule is Cc1ccc(S(=O)(=O)N[C@@H](C(=O)O)C(C)C)cc1C(=O)OC(C)C. The monoisotopic (exact) mass is 357 g/mol. The normalized spacial score (nSPS) is 13.1. The first-order valence-corrected chi connectivity index (χ1v) is 9.00. The lowest BCUT2D eigenvalue weighted by Crippen LogP contribution is -2.44. The van der Waals surface area contributed by atoms with Crippen molar-refractivity contribution in [3.63, 3.8) is 0 Å². The van der Waals surface area contributed by atoms with Gasteiger partial charge in [0.15, 0.2) is 0 Å². The van der Waals surface area contributed by atoms with Gasteiger partial charge >= 0.3 is 11.9 Å². The van der Waals surface area contributed by atoms with Crippen molar-refractivity contribution in [2.75, 3.05) is 0 Å². The van der Waals surface area contributed by atoms with Gasteiger partial charge in [0, 0.05) is 0 Å². The number of esters is 1. The van der Waals surface area contributed by atoms with E-state index in [1.54, 1.807) is 34.6 Å². The van der Waals surface area contributed by atoms with Crippen LogP contribution >= 0.6 is 0 Å². The number of sulfonamides is 1. The second-order valence-corrected chi connectivity index (χ2v) is 7.83. The van der Waals surface area contributed by atoms with Crippen molar-refractivity contribution >= 4 is 22.0 Å². The molecule has 0 saturated heterocycles. The summed E-state index contributed by atoms with van der Waals surface area (Å²) in [6.45, 7) is 8.24. The van der Waals surface area contributed by atoms with Gasteiger partial charge in [0.05, 0.1) is 16.6 Å². The van der Waals surface area contributed by atoms with Crippen LogP contribution in [0.15, 0.2) is 23.1 Å². The molecule has 0 aliphatic rings. The second-order valence-electron chi connectivity index (χ2n) is 6.11. The molecule has 2 N–H and O–H groups in total. The standard InChI is InChI=1S/C16H23NO6S/c1-9(2)14(15(18)19)17-24(21,22)12-7-6-11(5)13(8-12)16(20)23-10(3)4/h6-10,14,17H,1-5H3,(H,18,19)/t14-/m1/s1. The lowest BCUT2D eigenvalue weighted by Gasteiger charge is -2.18. The van der Waals surface area contributed by atoms with Crippen LogP contribution in [0.3, 0.4) is 0 Å². The molecule has 0 bridgehead atoms. The van der Waals surface area contributed by atoms with Crippen molar-refractivity contribution < 1.29 is 27.9 Å². The zero-order chi connectivity index (χ0) is 18.7. The van der Waals surface area contributed by atoms with E-state index >= 15 is 0 Å². The first-order chi connectivity index (χ1) is 11.0. The summed E-state index contributed by atoms with van der Waals surface area (Å²) in [6, 6.07) is 2.74. The minimum absolute atomic E-state index is 0.128. The Hall–Kier alpha value is -1.93. The van der Waals surface area contributed by atoms with Crippen LogP contribution < -0.4 is 4.72 Å². The second kappa shape index (κ2) is 7.76. The summed E-state index contributed by atoms with van der Waals surface area (Å²) >= 11 is 0. The Bertz CT molecular complexity index is 724. The molecule has 0 amide bonds. The molecule has 1 aromatic carbocycles. The number of benzene rings is 1. The molecular formula is C16H23NO6S. The summed E-state index contributed by atoms with van der Waals surface area (Å²) in [5, 5.41) is 9.14. The van der Waals surface area contributed by atoms with Gasteiger partial charge in [-0.2, -0.15) is 4.72 Å². The average Bonchev–Trinajstić information content (AvgIpc) is 2.43. The topological polar surface area (TPSA) is 110 Å². The van der Waals surface area contributed by atoms with Gasteiger partial charge in [-0.15, -0.1) is 0 Å². The molecule has 0 aromatic heterocycles. The Labute approximate surface area is 142 Å². The number of nitrogens with one attached hydrogen (secondary N) is 1. The van der Waals surface area contributed by atoms with Crippen molar-refractivity contribution in [3.8, 4) is 0 Å². The molecular weight excluding hydrogens is 334 g/mol. The summed E-state index contributed by atoms with van der Waals surface area (Å²) in [5.41, 5.74) is 0.696. The van der Waals surface area contributed by atoms with Gasteiger partial charge in [-0.05, 0) is 44.4 Å². The van der Waals surface area contributed by atoms with E-state index in [1.807, 2.05) is 0 Å². The summed E-state index contributed by atoms with van der Waals surface area (Å²) in [7, 11) is -4.09. The number of hydrogen-bond donors (Lipinski definition) is 2. The Morgan fingerprint density at radius 1 is 1.17 bits per heavy atom. The highest BCUT2D eigenvalue weighted by Gasteiger charge is 2.28. The molecule has 24 heavy (non-hydrogen) atoms. The largest absolute Gasteiger partial charge is 0.480 e. The number of carboxylic acid groups (broad SMARTS) is 1. The van der Waals surface area contributed by atoms with Gasteiger partial charge in [0.25, 0.3) is 0 Å². The molecule has 0 aliphatic heterocycles. The Morgan fingerprint density at radius 2 is 1.75 bits per heavy atom. The van der Waals surface area contributed by atoms with E-state index in [1.165, 1.54) is 18.2 Å². The Kier molecular flexibility index (Phi) is 6.50. The zero-order valence-electron chi connectivity index (χ0n) is 14.4. The first kappa shape index (κ1) is 20.1. The van der Waals surface area contributed by atoms with Crippen LogP contribution in [0.5, 0.6) is 0 Å². The maximum atomic E-state index is 12.4. The quantitative estimate of drug-likeness (QED) is 0.722. The number of hydrogen-bond acceptors (Lipinski definition) is 5. The van der Waals surface area contributed by atoms with E-state index in [4.69, 9.17) is 9.84 Å². The van der Waals surface area contributed by atoms with Gasteiger partial charge < -0.3 is 9.84 Å². The average molecular weight is 357 g/mol. The number of carbonyl (C=O) groups excluding carboxylic acids is 1. The first-order valence-electron chi connectivity index (χ1n) is 7.52. The van der Waals surface area contributed by atoms with Crippen LogP contribution in [0.2, 0.25) is 0 Å². The van der Waals surface area contributed by atoms with Gasteiger partial charge in [-0.25, -0.2) is 13.2 Å². The fraction of sp³-hybridized carbons (Fsp3) is 0.500. The molecule has 0 fully saturated rings. The molecule has 0 radical (unpaired) electrons. The van der Waals surface area contributed by atoms with Crippen molar-refractivity contribution in [3.05, 3.63) is 29.3 Å². The van der Waals surface area contributed by atoms with Gasteiger partial charge in [0.1, 0.15) is 6.04 Å². The summed E-state index contributed by atoms with van der Waals surface area (Å²) < 4.78 is 32.1. The molecule has 0 saturated carbocycles. The Balaban J connectivity index is 3.21. The summed E-state index contributed by atoms with van der Waals surface area (Å²) in [5.74, 6) is -2.33. The van der Waals surface area contributed by atoms with Crippen LogP contribution in [0, 0.1) is 12.8 Å². The minimum Gasteiger partial charge on any atom is -0.480 e. The van der Waals surface area contributed by atoms with Gasteiger partial charge in [-0.1, -0.05) is 19.9 Å². The van der Waals surface area contributed by atoms with Crippen LogP contribution in [-0.4, -0.2) is 37.6 Å². The molecule has 1 atom stereocenters. The fourth-order valence-electron chi connectivity index (χ4n) is 1.97. The molecule has 0 aliphatic carbocycles. The molecule has 1 aromatic rings. The van der Waals surface area contributed by atoms with E-state index < -0.39 is 33.9 Å².